The summed E-state index contributed by atoms with van der Waals surface area (Å²) in [6.45, 7) is 1.63. The first-order valence-corrected chi connectivity index (χ1v) is 9.41. The maximum absolute atomic E-state index is 12.8. The molecule has 1 atom stereocenters. The van der Waals surface area contributed by atoms with Crippen LogP contribution in [0.5, 0.6) is 0 Å². The van der Waals surface area contributed by atoms with Crippen molar-refractivity contribution in [3.8, 4) is 0 Å². The van der Waals surface area contributed by atoms with Gasteiger partial charge in [0.2, 0.25) is 5.91 Å². The highest BCUT2D eigenvalue weighted by Crippen LogP contribution is 2.37. The fraction of sp³-hybridized carbons (Fsp3) is 0.190. The van der Waals surface area contributed by atoms with E-state index < -0.39 is 18.0 Å². The van der Waals surface area contributed by atoms with Crippen molar-refractivity contribution in [1.29, 1.82) is 0 Å². The predicted molar refractivity (Wildman–Crippen MR) is 107 cm³/mol. The van der Waals surface area contributed by atoms with Crippen LogP contribution in [0.2, 0.25) is 5.02 Å². The fourth-order valence-electron chi connectivity index (χ4n) is 3.40. The van der Waals surface area contributed by atoms with E-state index in [1.807, 2.05) is 19.1 Å². The van der Waals surface area contributed by atoms with Gasteiger partial charge in [-0.05, 0) is 30.7 Å². The van der Waals surface area contributed by atoms with Crippen molar-refractivity contribution < 1.29 is 19.1 Å². The molecule has 0 aliphatic carbocycles. The fourth-order valence-corrected chi connectivity index (χ4v) is 3.65. The topological polar surface area (TPSA) is 87.7 Å². The number of nitrogens with one attached hydrogen (secondary N) is 2. The number of carbonyl (C=O) groups excluding carboxylic acids is 3. The van der Waals surface area contributed by atoms with Gasteiger partial charge in [-0.1, -0.05) is 47.5 Å². The molecule has 0 aromatic heterocycles. The smallest absolute Gasteiger partial charge is 0.338 e. The summed E-state index contributed by atoms with van der Waals surface area (Å²) in [4.78, 5) is 38.8. The predicted octanol–water partition coefficient (Wildman–Crippen LogP) is 3.16. The zero-order valence-corrected chi connectivity index (χ0v) is 16.3. The van der Waals surface area contributed by atoms with Gasteiger partial charge in [-0.3, -0.25) is 9.69 Å². The Balaban J connectivity index is 1.60. The van der Waals surface area contributed by atoms with Crippen molar-refractivity contribution in [2.24, 2.45) is 0 Å². The highest BCUT2D eigenvalue weighted by Gasteiger charge is 2.43. The Morgan fingerprint density at radius 3 is 2.66 bits per heavy atom. The van der Waals surface area contributed by atoms with Crippen molar-refractivity contribution in [3.63, 3.8) is 0 Å². The van der Waals surface area contributed by atoms with E-state index in [4.69, 9.17) is 16.3 Å². The SMILES string of the molecule is Cc1ccc(NC(=O)CN2C(=O)NC(c3ccccc3Cl)C3=C2COC3=O)cc1. The molecule has 0 radical (unpaired) electrons. The van der Waals surface area contributed by atoms with Crippen molar-refractivity contribution in [3.05, 3.63) is 76.0 Å². The normalized spacial score (nSPS) is 18.3. The third-order valence-corrected chi connectivity index (χ3v) is 5.20. The molecular weight excluding hydrogens is 394 g/mol. The standard InChI is InChI=1S/C21H18ClN3O4/c1-12-6-8-13(9-7-12)23-17(26)10-25-16-11-29-20(27)18(16)19(24-21(25)28)14-4-2-3-5-15(14)22/h2-9,19H,10-11H2,1H3,(H,23,26)(H,24,28). The van der Waals surface area contributed by atoms with Gasteiger partial charge in [-0.15, -0.1) is 0 Å². The van der Waals surface area contributed by atoms with E-state index in [0.29, 0.717) is 27.5 Å². The minimum Gasteiger partial charge on any atom is -0.456 e. The van der Waals surface area contributed by atoms with E-state index in [0.717, 1.165) is 5.56 Å². The van der Waals surface area contributed by atoms with E-state index in [9.17, 15) is 14.4 Å². The third-order valence-electron chi connectivity index (χ3n) is 4.85. The van der Waals surface area contributed by atoms with E-state index >= 15 is 0 Å². The highest BCUT2D eigenvalue weighted by atomic mass is 35.5. The summed E-state index contributed by atoms with van der Waals surface area (Å²) in [6.07, 6.45) is 0. The number of urea groups is 1. The number of rotatable bonds is 4. The monoisotopic (exact) mass is 411 g/mol. The molecule has 148 valence electrons. The zero-order chi connectivity index (χ0) is 20.5. The Hall–Kier alpha value is -3.32. The van der Waals surface area contributed by atoms with Crippen LogP contribution < -0.4 is 10.6 Å². The number of ether oxygens (including phenoxy) is 1. The first-order chi connectivity index (χ1) is 13.9. The number of carbonyl (C=O) groups is 3. The number of nitrogens with zero attached hydrogens (tertiary/aromatic N) is 1. The van der Waals surface area contributed by atoms with Gasteiger partial charge in [0.05, 0.1) is 17.3 Å². The molecule has 0 saturated carbocycles. The number of halogens is 1. The number of benzene rings is 2. The molecule has 0 spiro atoms. The average Bonchev–Trinajstić information content (AvgIpc) is 3.08. The number of hydrogen-bond acceptors (Lipinski definition) is 4. The number of cyclic esters (lactones) is 1. The van der Waals surface area contributed by atoms with Gasteiger partial charge >= 0.3 is 12.0 Å². The molecule has 0 fully saturated rings. The molecule has 1 unspecified atom stereocenters. The number of hydrogen-bond donors (Lipinski definition) is 2. The van der Waals surface area contributed by atoms with E-state index in [1.165, 1.54) is 4.90 Å². The lowest BCUT2D eigenvalue weighted by Gasteiger charge is -2.32. The Bertz CT molecular complexity index is 1030. The molecular formula is C21H18ClN3O4. The van der Waals surface area contributed by atoms with Gasteiger partial charge < -0.3 is 15.4 Å². The van der Waals surface area contributed by atoms with E-state index in [2.05, 4.69) is 10.6 Å². The van der Waals surface area contributed by atoms with Crippen LogP contribution in [-0.2, 0) is 14.3 Å². The first-order valence-electron chi connectivity index (χ1n) is 9.03. The van der Waals surface area contributed by atoms with Gasteiger partial charge in [0.15, 0.2) is 0 Å². The van der Waals surface area contributed by atoms with Crippen molar-refractivity contribution in [2.75, 3.05) is 18.5 Å². The number of esters is 1. The molecule has 3 amide bonds. The molecule has 2 aromatic carbocycles. The maximum Gasteiger partial charge on any atom is 0.338 e. The minimum absolute atomic E-state index is 0.0691. The molecule has 2 aliphatic heterocycles. The Kier molecular flexibility index (Phi) is 4.98. The lowest BCUT2D eigenvalue weighted by molar-refractivity contribution is -0.136. The van der Waals surface area contributed by atoms with Crippen LogP contribution in [0, 0.1) is 6.92 Å². The summed E-state index contributed by atoms with van der Waals surface area (Å²) >= 11 is 6.26. The maximum atomic E-state index is 12.8. The van der Waals surface area contributed by atoms with E-state index in [1.54, 1.807) is 36.4 Å². The Labute approximate surface area is 172 Å². The van der Waals surface area contributed by atoms with Crippen LogP contribution >= 0.6 is 11.6 Å². The van der Waals surface area contributed by atoms with Crippen LogP contribution in [0.3, 0.4) is 0 Å². The average molecular weight is 412 g/mol. The van der Waals surface area contributed by atoms with Crippen molar-refractivity contribution >= 4 is 35.2 Å². The molecule has 2 N–H and O–H groups in total. The van der Waals surface area contributed by atoms with Crippen LogP contribution in [0.4, 0.5) is 10.5 Å². The zero-order valence-electron chi connectivity index (χ0n) is 15.6. The second kappa shape index (κ2) is 7.60. The quantitative estimate of drug-likeness (QED) is 0.756. The summed E-state index contributed by atoms with van der Waals surface area (Å²) < 4.78 is 5.16. The summed E-state index contributed by atoms with van der Waals surface area (Å²) in [5.74, 6) is -0.916. The van der Waals surface area contributed by atoms with Gasteiger partial charge in [0.25, 0.3) is 0 Å². The summed E-state index contributed by atoms with van der Waals surface area (Å²) in [5, 5.41) is 5.94. The first kappa shape index (κ1) is 19.0. The lowest BCUT2D eigenvalue weighted by Crippen LogP contribution is -2.49. The van der Waals surface area contributed by atoms with Gasteiger partial charge in [-0.2, -0.15) is 0 Å². The minimum atomic E-state index is -0.724. The van der Waals surface area contributed by atoms with Crippen LogP contribution in [0.25, 0.3) is 0 Å². The van der Waals surface area contributed by atoms with Gasteiger partial charge in [0.1, 0.15) is 13.2 Å². The summed E-state index contributed by atoms with van der Waals surface area (Å²) in [7, 11) is 0. The van der Waals surface area contributed by atoms with Gasteiger partial charge in [0, 0.05) is 10.7 Å². The van der Waals surface area contributed by atoms with Crippen LogP contribution in [-0.4, -0.2) is 36.0 Å². The van der Waals surface area contributed by atoms with Crippen LogP contribution in [0.1, 0.15) is 17.2 Å². The molecule has 2 aromatic rings. The highest BCUT2D eigenvalue weighted by molar-refractivity contribution is 6.31. The molecule has 0 saturated heterocycles. The number of anilines is 1. The van der Waals surface area contributed by atoms with Crippen molar-refractivity contribution in [2.45, 2.75) is 13.0 Å². The molecule has 7 nitrogen and oxygen atoms in total. The summed E-state index contributed by atoms with van der Waals surface area (Å²) in [5.41, 5.74) is 2.96. The molecule has 0 bridgehead atoms. The largest absolute Gasteiger partial charge is 0.456 e. The molecule has 2 heterocycles. The van der Waals surface area contributed by atoms with E-state index in [-0.39, 0.29) is 19.1 Å². The number of amides is 3. The second-order valence-corrected chi connectivity index (χ2v) is 7.25. The Morgan fingerprint density at radius 1 is 1.21 bits per heavy atom. The molecule has 4 rings (SSSR count). The molecule has 8 heteroatoms. The van der Waals surface area contributed by atoms with Gasteiger partial charge in [-0.25, -0.2) is 9.59 Å². The van der Waals surface area contributed by atoms with Crippen molar-refractivity contribution in [1.82, 2.24) is 10.2 Å². The number of aryl methyl sites for hydroxylation is 1. The Morgan fingerprint density at radius 2 is 1.93 bits per heavy atom. The molecule has 29 heavy (non-hydrogen) atoms. The summed E-state index contributed by atoms with van der Waals surface area (Å²) in [6, 6.07) is 13.1. The molecule has 2 aliphatic rings. The van der Waals surface area contributed by atoms with Crippen LogP contribution in [0.15, 0.2) is 59.8 Å². The second-order valence-electron chi connectivity index (χ2n) is 6.84. The lowest BCUT2D eigenvalue weighted by atomic mass is 9.95. The third kappa shape index (κ3) is 3.69.